The number of carbonyl (C=O) groups is 1. The number of hydrogen-bond acceptors (Lipinski definition) is 6. The largest absolute Gasteiger partial charge is 0.496 e. The van der Waals surface area contributed by atoms with Crippen LogP contribution in [0.25, 0.3) is 10.9 Å². The molecule has 3 aliphatic rings. The molecule has 0 N–H and O–H groups in total. The number of aryl methyl sites for hydroxylation is 3. The summed E-state index contributed by atoms with van der Waals surface area (Å²) in [6, 6.07) is 14.8. The van der Waals surface area contributed by atoms with Crippen molar-refractivity contribution in [2.24, 2.45) is 0 Å². The SMILES string of the molecule is COc1ccccc1CCC(=O)N(Cc1cc2cc3c(cc2nc1N1CCOCC1)CCC3)C[C@@H]1CCCO1. The van der Waals surface area contributed by atoms with Gasteiger partial charge in [0.25, 0.3) is 0 Å². The molecular weight excluding hydrogens is 490 g/mol. The maximum atomic E-state index is 13.8. The minimum absolute atomic E-state index is 0.0868. The van der Waals surface area contributed by atoms with Crippen LogP contribution in [0.1, 0.15) is 47.9 Å². The highest BCUT2D eigenvalue weighted by atomic mass is 16.5. The molecule has 0 radical (unpaired) electrons. The summed E-state index contributed by atoms with van der Waals surface area (Å²) in [5.74, 6) is 1.95. The van der Waals surface area contributed by atoms with E-state index in [4.69, 9.17) is 19.2 Å². The molecule has 0 saturated carbocycles. The zero-order valence-electron chi connectivity index (χ0n) is 23.0. The monoisotopic (exact) mass is 529 g/mol. The molecule has 2 fully saturated rings. The van der Waals surface area contributed by atoms with Gasteiger partial charge in [0, 0.05) is 50.2 Å². The van der Waals surface area contributed by atoms with Crippen molar-refractivity contribution >= 4 is 22.6 Å². The molecule has 0 bridgehead atoms. The smallest absolute Gasteiger partial charge is 0.223 e. The molecule has 2 saturated heterocycles. The number of hydrogen-bond donors (Lipinski definition) is 0. The second-order valence-electron chi connectivity index (χ2n) is 11.0. The van der Waals surface area contributed by atoms with Crippen LogP contribution in [-0.2, 0) is 40.1 Å². The lowest BCUT2D eigenvalue weighted by Gasteiger charge is -2.32. The van der Waals surface area contributed by atoms with Gasteiger partial charge in [0.05, 0.1) is 31.9 Å². The predicted molar refractivity (Wildman–Crippen MR) is 153 cm³/mol. The molecule has 3 aromatic rings. The van der Waals surface area contributed by atoms with Gasteiger partial charge < -0.3 is 24.0 Å². The van der Waals surface area contributed by atoms with E-state index in [1.165, 1.54) is 22.9 Å². The van der Waals surface area contributed by atoms with E-state index >= 15 is 0 Å². The Balaban J connectivity index is 1.31. The number of rotatable bonds is 9. The molecule has 2 aromatic carbocycles. The highest BCUT2D eigenvalue weighted by Gasteiger charge is 2.26. The fourth-order valence-corrected chi connectivity index (χ4v) is 6.25. The number of morpholine rings is 1. The van der Waals surface area contributed by atoms with Gasteiger partial charge in [0.1, 0.15) is 11.6 Å². The molecule has 1 aliphatic carbocycles. The molecule has 3 heterocycles. The van der Waals surface area contributed by atoms with E-state index in [1.54, 1.807) is 7.11 Å². The van der Waals surface area contributed by atoms with Gasteiger partial charge in [-0.05, 0) is 79.5 Å². The zero-order chi connectivity index (χ0) is 26.6. The molecule has 6 rings (SSSR count). The lowest BCUT2D eigenvalue weighted by molar-refractivity contribution is -0.133. The average molecular weight is 530 g/mol. The van der Waals surface area contributed by atoms with Gasteiger partial charge in [-0.2, -0.15) is 0 Å². The highest BCUT2D eigenvalue weighted by Crippen LogP contribution is 2.32. The minimum atomic E-state index is 0.0868. The van der Waals surface area contributed by atoms with Crippen molar-refractivity contribution in [2.75, 3.05) is 51.5 Å². The van der Waals surface area contributed by atoms with Crippen molar-refractivity contribution in [3.05, 3.63) is 64.7 Å². The van der Waals surface area contributed by atoms with Crippen molar-refractivity contribution in [2.45, 2.75) is 57.6 Å². The predicted octanol–water partition coefficient (Wildman–Crippen LogP) is 4.71. The molecule has 0 unspecified atom stereocenters. The first-order valence-electron chi connectivity index (χ1n) is 14.5. The molecule has 2 aliphatic heterocycles. The maximum absolute atomic E-state index is 13.8. The highest BCUT2D eigenvalue weighted by molar-refractivity contribution is 5.84. The van der Waals surface area contributed by atoms with E-state index in [1.807, 2.05) is 29.2 Å². The molecule has 0 spiro atoms. The third kappa shape index (κ3) is 5.89. The molecule has 39 heavy (non-hydrogen) atoms. The third-order valence-corrected chi connectivity index (χ3v) is 8.36. The topological polar surface area (TPSA) is 64.1 Å². The van der Waals surface area contributed by atoms with Crippen molar-refractivity contribution < 1.29 is 19.0 Å². The molecular formula is C32H39N3O4. The van der Waals surface area contributed by atoms with Crippen LogP contribution in [0.2, 0.25) is 0 Å². The number of benzene rings is 2. The Hall–Kier alpha value is -3.16. The number of amides is 1. The third-order valence-electron chi connectivity index (χ3n) is 8.36. The van der Waals surface area contributed by atoms with E-state index in [2.05, 4.69) is 23.1 Å². The van der Waals surface area contributed by atoms with E-state index in [9.17, 15) is 4.79 Å². The number of pyridine rings is 1. The van der Waals surface area contributed by atoms with Gasteiger partial charge >= 0.3 is 0 Å². The molecule has 7 heteroatoms. The Morgan fingerprint density at radius 2 is 1.87 bits per heavy atom. The normalized spacial score (nSPS) is 18.9. The summed E-state index contributed by atoms with van der Waals surface area (Å²) in [5, 5.41) is 1.17. The zero-order valence-corrected chi connectivity index (χ0v) is 23.0. The first kappa shape index (κ1) is 26.1. The number of ether oxygens (including phenoxy) is 3. The summed E-state index contributed by atoms with van der Waals surface area (Å²) in [7, 11) is 1.68. The van der Waals surface area contributed by atoms with E-state index in [0.717, 1.165) is 73.6 Å². The Morgan fingerprint density at radius 3 is 2.67 bits per heavy atom. The summed E-state index contributed by atoms with van der Waals surface area (Å²) >= 11 is 0. The van der Waals surface area contributed by atoms with Crippen LogP contribution in [0.3, 0.4) is 0 Å². The Labute approximate surface area is 231 Å². The van der Waals surface area contributed by atoms with E-state index < -0.39 is 0 Å². The molecule has 1 aromatic heterocycles. The van der Waals surface area contributed by atoms with Crippen molar-refractivity contribution in [3.8, 4) is 5.75 Å². The molecule has 1 atom stereocenters. The lowest BCUT2D eigenvalue weighted by atomic mass is 10.0. The van der Waals surface area contributed by atoms with Gasteiger partial charge in [0.15, 0.2) is 0 Å². The van der Waals surface area contributed by atoms with Gasteiger partial charge in [-0.15, -0.1) is 0 Å². The fraction of sp³-hybridized carbons (Fsp3) is 0.500. The van der Waals surface area contributed by atoms with Gasteiger partial charge in [-0.1, -0.05) is 18.2 Å². The Kier molecular flexibility index (Phi) is 7.98. The number of para-hydroxylation sites is 1. The number of anilines is 1. The van der Waals surface area contributed by atoms with Crippen LogP contribution in [0.4, 0.5) is 5.82 Å². The molecule has 206 valence electrons. The van der Waals surface area contributed by atoms with Crippen molar-refractivity contribution in [1.29, 1.82) is 0 Å². The second-order valence-corrected chi connectivity index (χ2v) is 11.0. The summed E-state index contributed by atoms with van der Waals surface area (Å²) in [5.41, 5.74) is 6.08. The van der Waals surface area contributed by atoms with Gasteiger partial charge in [0.2, 0.25) is 5.91 Å². The number of carbonyl (C=O) groups excluding carboxylic acids is 1. The van der Waals surface area contributed by atoms with Crippen LogP contribution in [0.5, 0.6) is 5.75 Å². The lowest BCUT2D eigenvalue weighted by Crippen LogP contribution is -2.40. The molecule has 1 amide bonds. The fourth-order valence-electron chi connectivity index (χ4n) is 6.25. The van der Waals surface area contributed by atoms with Crippen molar-refractivity contribution in [1.82, 2.24) is 9.88 Å². The van der Waals surface area contributed by atoms with E-state index in [0.29, 0.717) is 39.1 Å². The Bertz CT molecular complexity index is 1310. The van der Waals surface area contributed by atoms with Gasteiger partial charge in [-0.3, -0.25) is 4.79 Å². The Morgan fingerprint density at radius 1 is 1.05 bits per heavy atom. The van der Waals surface area contributed by atoms with Crippen LogP contribution in [-0.4, -0.2) is 68.5 Å². The van der Waals surface area contributed by atoms with Crippen LogP contribution >= 0.6 is 0 Å². The summed E-state index contributed by atoms with van der Waals surface area (Å²) in [4.78, 5) is 23.3. The standard InChI is InChI=1S/C32H39N3O4/c1-37-30-10-3-2-6-23(30)11-12-31(36)35(22-28-9-5-15-39-28)21-27-19-26-18-24-7-4-8-25(24)20-29(26)33-32(27)34-13-16-38-17-14-34/h2-3,6,10,18-20,28H,4-5,7-9,11-17,21-22H2,1H3/t28-/m0/s1. The summed E-state index contributed by atoms with van der Waals surface area (Å²) in [6.07, 6.45) is 6.69. The van der Waals surface area contributed by atoms with Gasteiger partial charge in [-0.25, -0.2) is 4.98 Å². The van der Waals surface area contributed by atoms with Crippen LogP contribution in [0.15, 0.2) is 42.5 Å². The van der Waals surface area contributed by atoms with Crippen LogP contribution < -0.4 is 9.64 Å². The minimum Gasteiger partial charge on any atom is -0.496 e. The molecule has 7 nitrogen and oxygen atoms in total. The van der Waals surface area contributed by atoms with Crippen LogP contribution in [0, 0.1) is 0 Å². The number of methoxy groups -OCH3 is 1. The second kappa shape index (κ2) is 11.9. The maximum Gasteiger partial charge on any atom is 0.223 e. The quantitative estimate of drug-likeness (QED) is 0.400. The average Bonchev–Trinajstić information content (AvgIpc) is 3.66. The number of nitrogens with zero attached hydrogens (tertiary/aromatic N) is 3. The number of aromatic nitrogens is 1. The number of fused-ring (bicyclic) bond motifs is 2. The summed E-state index contributed by atoms with van der Waals surface area (Å²) in [6.45, 7) is 4.91. The van der Waals surface area contributed by atoms with Crippen molar-refractivity contribution in [3.63, 3.8) is 0 Å². The first-order valence-corrected chi connectivity index (χ1v) is 14.5. The summed E-state index contributed by atoms with van der Waals surface area (Å²) < 4.78 is 17.2. The first-order chi connectivity index (χ1) is 19.2. The van der Waals surface area contributed by atoms with E-state index in [-0.39, 0.29) is 12.0 Å².